The van der Waals surface area contributed by atoms with E-state index in [0.717, 1.165) is 32.2 Å². The molecule has 5 saturated heterocycles. The Morgan fingerprint density at radius 3 is 2.62 bits per heavy atom. The molecule has 10 rings (SSSR count). The van der Waals surface area contributed by atoms with E-state index >= 15 is 8.78 Å². The lowest BCUT2D eigenvalue weighted by molar-refractivity contribution is -0.172. The number of hydrogen-bond acceptors (Lipinski definition) is 9. The number of terminal acetylenes is 1. The SMILES string of the molecule is C#Cc1c(F)ccc2cc(O)cc(-c3c(F)c4nc(OC[C@@]56CCCN5C[C@H](F)C6)nc(N5C[C@H]6CC[C@@H](C5)N6C(=O)C5(C)COC5)c4c4cn(C)nc34)c12. The average molecular weight is 752 g/mol. The number of piperazine rings is 1. The highest BCUT2D eigenvalue weighted by Crippen LogP contribution is 2.47. The third-order valence-corrected chi connectivity index (χ3v) is 12.7. The standard InChI is InChI=1S/C41H40F3N7O4/c1-4-27-30(43)9-6-22-12-26(52)13-28(31(22)27)32-34(44)36-33(29-18-48(3)47-35(29)32)37(46-39(45-36)55-21-41-10-5-11-50(41)15-23(42)14-41)49-16-24-7-8-25(17-49)51(24)38(53)40(2)19-54-20-40/h1,6,9,12-13,18,23-25,52H,5,7-8,10-11,14-17,19-21H2,2-3H3/t23-,24-,25+,41+/m1/s1. The Bertz CT molecular complexity index is 2480. The van der Waals surface area contributed by atoms with Crippen LogP contribution in [0.4, 0.5) is 19.0 Å². The summed E-state index contributed by atoms with van der Waals surface area (Å²) in [7, 11) is 1.72. The van der Waals surface area contributed by atoms with Crippen molar-refractivity contribution >= 4 is 44.3 Å². The predicted molar refractivity (Wildman–Crippen MR) is 200 cm³/mol. The van der Waals surface area contributed by atoms with Gasteiger partial charge in [0.1, 0.15) is 41.2 Å². The molecule has 3 aromatic carbocycles. The third kappa shape index (κ3) is 5.12. The van der Waals surface area contributed by atoms with E-state index < -0.39 is 28.8 Å². The summed E-state index contributed by atoms with van der Waals surface area (Å²) in [4.78, 5) is 29.8. The summed E-state index contributed by atoms with van der Waals surface area (Å²) in [6.45, 7) is 4.92. The molecule has 5 aromatic rings. The van der Waals surface area contributed by atoms with Crippen LogP contribution in [-0.4, -0.2) is 110 Å². The van der Waals surface area contributed by atoms with E-state index in [1.165, 1.54) is 24.3 Å². The second-order valence-electron chi connectivity index (χ2n) is 16.4. The maximum atomic E-state index is 17.8. The highest BCUT2D eigenvalue weighted by atomic mass is 19.1. The number of rotatable bonds is 6. The van der Waals surface area contributed by atoms with Crippen molar-refractivity contribution < 1.29 is 32.5 Å². The van der Waals surface area contributed by atoms with E-state index in [1.54, 1.807) is 17.9 Å². The number of benzene rings is 3. The number of phenolic OH excluding ortho intramolecular Hbond substituents is 1. The minimum atomic E-state index is -0.964. The van der Waals surface area contributed by atoms with Gasteiger partial charge in [0.05, 0.1) is 35.1 Å². The van der Waals surface area contributed by atoms with E-state index in [1.807, 2.05) is 11.8 Å². The van der Waals surface area contributed by atoms with Gasteiger partial charge in [0, 0.05) is 67.7 Å². The summed E-state index contributed by atoms with van der Waals surface area (Å²) in [5.74, 6) is 1.37. The van der Waals surface area contributed by atoms with Gasteiger partial charge in [-0.25, -0.2) is 13.2 Å². The summed E-state index contributed by atoms with van der Waals surface area (Å²) in [6, 6.07) is 5.29. The lowest BCUT2D eigenvalue weighted by Crippen LogP contribution is -2.62. The Balaban J connectivity index is 1.17. The first kappa shape index (κ1) is 34.4. The molecule has 0 radical (unpaired) electrons. The number of alkyl halides is 1. The predicted octanol–water partition coefficient (Wildman–Crippen LogP) is 5.47. The van der Waals surface area contributed by atoms with Gasteiger partial charge in [-0.3, -0.25) is 14.4 Å². The van der Waals surface area contributed by atoms with Crippen molar-refractivity contribution in [3.8, 4) is 35.2 Å². The van der Waals surface area contributed by atoms with Crippen LogP contribution < -0.4 is 9.64 Å². The molecule has 5 fully saturated rings. The number of nitrogens with zero attached hydrogens (tertiary/aromatic N) is 7. The highest BCUT2D eigenvalue weighted by molar-refractivity contribution is 6.18. The Kier molecular flexibility index (Phi) is 7.61. The molecule has 0 aliphatic carbocycles. The molecule has 0 spiro atoms. The molecule has 5 aliphatic rings. The van der Waals surface area contributed by atoms with Crippen molar-refractivity contribution in [3.05, 3.63) is 47.7 Å². The monoisotopic (exact) mass is 751 g/mol. The number of aromatic hydroxyl groups is 1. The van der Waals surface area contributed by atoms with Crippen molar-refractivity contribution in [2.45, 2.75) is 62.8 Å². The molecule has 1 amide bonds. The number of fused-ring (bicyclic) bond motifs is 7. The smallest absolute Gasteiger partial charge is 0.319 e. The highest BCUT2D eigenvalue weighted by Gasteiger charge is 2.52. The minimum Gasteiger partial charge on any atom is -0.508 e. The van der Waals surface area contributed by atoms with Crippen molar-refractivity contribution in [2.75, 3.05) is 50.9 Å². The summed E-state index contributed by atoms with van der Waals surface area (Å²) in [5, 5.41) is 17.2. The van der Waals surface area contributed by atoms with Crippen molar-refractivity contribution in [2.24, 2.45) is 12.5 Å². The van der Waals surface area contributed by atoms with Crippen LogP contribution >= 0.6 is 0 Å². The van der Waals surface area contributed by atoms with Crippen molar-refractivity contribution in [1.82, 2.24) is 29.5 Å². The summed E-state index contributed by atoms with van der Waals surface area (Å²) in [5.41, 5.74) is -0.768. The normalized spacial score (nSPS) is 25.9. The molecule has 2 bridgehead atoms. The number of phenols is 1. The largest absolute Gasteiger partial charge is 0.508 e. The summed E-state index contributed by atoms with van der Waals surface area (Å²) in [6.07, 6.45) is 10.3. The van der Waals surface area contributed by atoms with Crippen molar-refractivity contribution in [3.63, 3.8) is 0 Å². The number of anilines is 1. The van der Waals surface area contributed by atoms with E-state index in [-0.39, 0.29) is 69.5 Å². The first-order chi connectivity index (χ1) is 26.5. The molecule has 55 heavy (non-hydrogen) atoms. The Hall–Kier alpha value is -5.13. The molecular formula is C41H40F3N7O4. The molecule has 11 nitrogen and oxygen atoms in total. The molecule has 7 heterocycles. The Morgan fingerprint density at radius 1 is 1.11 bits per heavy atom. The molecule has 4 atom stereocenters. The number of hydrogen-bond donors (Lipinski definition) is 1. The van der Waals surface area contributed by atoms with Crippen LogP contribution in [0.3, 0.4) is 0 Å². The zero-order valence-corrected chi connectivity index (χ0v) is 30.6. The Morgan fingerprint density at radius 2 is 1.89 bits per heavy atom. The molecule has 0 unspecified atom stereocenters. The van der Waals surface area contributed by atoms with Gasteiger partial charge in [-0.2, -0.15) is 15.1 Å². The second kappa shape index (κ2) is 12.2. The lowest BCUT2D eigenvalue weighted by Gasteiger charge is -2.47. The van der Waals surface area contributed by atoms with Crippen LogP contribution in [0.2, 0.25) is 0 Å². The number of carbonyl (C=O) groups is 1. The fraction of sp³-hybridized carbons (Fsp3) is 0.463. The first-order valence-corrected chi connectivity index (χ1v) is 18.9. The molecule has 284 valence electrons. The second-order valence-corrected chi connectivity index (χ2v) is 16.4. The summed E-state index contributed by atoms with van der Waals surface area (Å²) >= 11 is 0. The molecular weight excluding hydrogens is 711 g/mol. The number of aryl methyl sites for hydroxylation is 1. The zero-order valence-electron chi connectivity index (χ0n) is 30.6. The van der Waals surface area contributed by atoms with Gasteiger partial charge in [0.25, 0.3) is 0 Å². The lowest BCUT2D eigenvalue weighted by atomic mass is 9.86. The van der Waals surface area contributed by atoms with Crippen LogP contribution in [0.5, 0.6) is 11.8 Å². The molecule has 5 aliphatic heterocycles. The van der Waals surface area contributed by atoms with Gasteiger partial charge < -0.3 is 24.4 Å². The van der Waals surface area contributed by atoms with E-state index in [4.69, 9.17) is 31.0 Å². The first-order valence-electron chi connectivity index (χ1n) is 18.9. The average Bonchev–Trinajstić information content (AvgIpc) is 3.87. The van der Waals surface area contributed by atoms with Crippen LogP contribution in [0.25, 0.3) is 43.7 Å². The molecule has 2 aromatic heterocycles. The topological polar surface area (TPSA) is 109 Å². The maximum Gasteiger partial charge on any atom is 0.319 e. The van der Waals surface area contributed by atoms with Crippen LogP contribution in [-0.2, 0) is 16.6 Å². The van der Waals surface area contributed by atoms with E-state index in [9.17, 15) is 14.3 Å². The van der Waals surface area contributed by atoms with Gasteiger partial charge in [-0.05, 0) is 68.3 Å². The van der Waals surface area contributed by atoms with Crippen LogP contribution in [0.15, 0.2) is 30.5 Å². The fourth-order valence-corrected chi connectivity index (χ4v) is 10.1. The van der Waals surface area contributed by atoms with Gasteiger partial charge in [-0.15, -0.1) is 6.42 Å². The van der Waals surface area contributed by atoms with Crippen molar-refractivity contribution in [1.29, 1.82) is 0 Å². The minimum absolute atomic E-state index is 0.00947. The summed E-state index contributed by atoms with van der Waals surface area (Å²) < 4.78 is 61.2. The van der Waals surface area contributed by atoms with E-state index in [2.05, 4.69) is 15.7 Å². The van der Waals surface area contributed by atoms with Gasteiger partial charge in [0.15, 0.2) is 5.82 Å². The number of aromatic nitrogens is 4. The maximum absolute atomic E-state index is 17.8. The van der Waals surface area contributed by atoms with E-state index in [0.29, 0.717) is 61.2 Å². The third-order valence-electron chi connectivity index (χ3n) is 12.7. The molecule has 0 saturated carbocycles. The van der Waals surface area contributed by atoms with Gasteiger partial charge >= 0.3 is 6.01 Å². The fourth-order valence-electron chi connectivity index (χ4n) is 10.1. The van der Waals surface area contributed by atoms with Crippen LogP contribution in [0, 0.1) is 29.4 Å². The number of ether oxygens (including phenoxy) is 2. The molecule has 1 N–H and O–H groups in total. The quantitative estimate of drug-likeness (QED) is 0.226. The zero-order chi connectivity index (χ0) is 38.0. The number of halogens is 3. The Labute approximate surface area is 315 Å². The number of amides is 1. The van der Waals surface area contributed by atoms with Crippen LogP contribution in [0.1, 0.15) is 44.6 Å². The van der Waals surface area contributed by atoms with Gasteiger partial charge in [0.2, 0.25) is 5.91 Å². The molecule has 14 heteroatoms. The van der Waals surface area contributed by atoms with Gasteiger partial charge in [-0.1, -0.05) is 12.0 Å². The number of carbonyl (C=O) groups excluding carboxylic acids is 1.